The van der Waals surface area contributed by atoms with Crippen molar-refractivity contribution in [1.82, 2.24) is 10.6 Å². The van der Waals surface area contributed by atoms with Crippen LogP contribution in [0.2, 0.25) is 0 Å². The van der Waals surface area contributed by atoms with Gasteiger partial charge in [0.25, 0.3) is 5.91 Å². The van der Waals surface area contributed by atoms with E-state index in [1.54, 1.807) is 24.3 Å². The summed E-state index contributed by atoms with van der Waals surface area (Å²) in [7, 11) is 0. The Labute approximate surface area is 126 Å². The number of aliphatic hydroxyl groups excluding tert-OH is 1. The molecule has 110 valence electrons. The minimum atomic E-state index is -0.281. The summed E-state index contributed by atoms with van der Waals surface area (Å²) in [5.74, 6) is -0.303. The van der Waals surface area contributed by atoms with Gasteiger partial charge in [-0.2, -0.15) is 0 Å². The zero-order valence-corrected chi connectivity index (χ0v) is 12.9. The summed E-state index contributed by atoms with van der Waals surface area (Å²) in [6.45, 7) is 2.49. The van der Waals surface area contributed by atoms with Crippen LogP contribution < -0.4 is 10.6 Å². The lowest BCUT2D eigenvalue weighted by molar-refractivity contribution is -0.120. The third kappa shape index (κ3) is 6.16. The number of nitrogens with one attached hydrogen (secondary N) is 2. The summed E-state index contributed by atoms with van der Waals surface area (Å²) >= 11 is 3.29. The highest BCUT2D eigenvalue weighted by atomic mass is 79.9. The minimum Gasteiger partial charge on any atom is -0.396 e. The molecule has 0 saturated heterocycles. The van der Waals surface area contributed by atoms with Crippen molar-refractivity contribution < 1.29 is 14.7 Å². The van der Waals surface area contributed by atoms with Crippen LogP contribution in [0.1, 0.15) is 23.7 Å². The first kappa shape index (κ1) is 16.7. The number of rotatable bonds is 7. The second kappa shape index (κ2) is 8.71. The Hall–Kier alpha value is -1.40. The van der Waals surface area contributed by atoms with Crippen molar-refractivity contribution in [3.8, 4) is 0 Å². The van der Waals surface area contributed by atoms with Gasteiger partial charge in [0, 0.05) is 23.2 Å². The fourth-order valence-electron chi connectivity index (χ4n) is 1.54. The van der Waals surface area contributed by atoms with Crippen molar-refractivity contribution in [3.05, 3.63) is 34.3 Å². The van der Waals surface area contributed by atoms with Gasteiger partial charge in [-0.1, -0.05) is 22.9 Å². The Kier molecular flexibility index (Phi) is 7.25. The number of aliphatic hydroxyl groups is 1. The summed E-state index contributed by atoms with van der Waals surface area (Å²) in [6, 6.07) is 6.90. The highest BCUT2D eigenvalue weighted by molar-refractivity contribution is 9.10. The molecule has 0 aliphatic carbocycles. The lowest BCUT2D eigenvalue weighted by atomic mass is 10.1. The average molecular weight is 343 g/mol. The lowest BCUT2D eigenvalue weighted by Gasteiger charge is -2.11. The van der Waals surface area contributed by atoms with Crippen molar-refractivity contribution in [3.63, 3.8) is 0 Å². The van der Waals surface area contributed by atoms with E-state index in [9.17, 15) is 9.59 Å². The van der Waals surface area contributed by atoms with Crippen LogP contribution in [0.25, 0.3) is 0 Å². The number of carbonyl (C=O) groups is 2. The van der Waals surface area contributed by atoms with Crippen molar-refractivity contribution in [1.29, 1.82) is 0 Å². The second-order valence-electron chi connectivity index (χ2n) is 4.61. The molecule has 1 atom stereocenters. The maximum absolute atomic E-state index is 11.8. The Balaban J connectivity index is 2.30. The number of hydrogen-bond acceptors (Lipinski definition) is 3. The van der Waals surface area contributed by atoms with Gasteiger partial charge in [0.1, 0.15) is 0 Å². The van der Waals surface area contributed by atoms with E-state index in [-0.39, 0.29) is 30.9 Å². The number of hydrogen-bond donors (Lipinski definition) is 3. The Morgan fingerprint density at radius 3 is 2.50 bits per heavy atom. The van der Waals surface area contributed by atoms with Gasteiger partial charge in [-0.05, 0) is 36.6 Å². The zero-order chi connectivity index (χ0) is 15.0. The van der Waals surface area contributed by atoms with Crippen molar-refractivity contribution in [2.24, 2.45) is 5.92 Å². The summed E-state index contributed by atoms with van der Waals surface area (Å²) in [4.78, 5) is 23.3. The predicted molar refractivity (Wildman–Crippen MR) is 80.4 cm³/mol. The van der Waals surface area contributed by atoms with E-state index in [1.165, 1.54) is 0 Å². The van der Waals surface area contributed by atoms with Gasteiger partial charge in [0.15, 0.2) is 0 Å². The molecule has 0 aliphatic heterocycles. The average Bonchev–Trinajstić information content (AvgIpc) is 2.43. The first-order valence-corrected chi connectivity index (χ1v) is 7.23. The van der Waals surface area contributed by atoms with E-state index < -0.39 is 0 Å². The van der Waals surface area contributed by atoms with Gasteiger partial charge in [-0.3, -0.25) is 9.59 Å². The summed E-state index contributed by atoms with van der Waals surface area (Å²) < 4.78 is 0.893. The monoisotopic (exact) mass is 342 g/mol. The molecule has 1 aromatic rings. The minimum absolute atomic E-state index is 0.0548. The Morgan fingerprint density at radius 1 is 1.25 bits per heavy atom. The second-order valence-corrected chi connectivity index (χ2v) is 5.53. The molecule has 0 heterocycles. The molecule has 1 rings (SSSR count). The quantitative estimate of drug-likeness (QED) is 0.699. The highest BCUT2D eigenvalue weighted by Gasteiger charge is 2.08. The fourth-order valence-corrected chi connectivity index (χ4v) is 1.80. The largest absolute Gasteiger partial charge is 0.396 e. The topological polar surface area (TPSA) is 78.4 Å². The van der Waals surface area contributed by atoms with E-state index in [0.717, 1.165) is 4.47 Å². The standard InChI is InChI=1S/C14H19BrN2O3/c1-10(6-7-18)8-16-13(19)9-17-14(20)11-2-4-12(15)5-3-11/h2-5,10,18H,6-9H2,1H3,(H,16,19)(H,17,20). The van der Waals surface area contributed by atoms with Gasteiger partial charge in [-0.15, -0.1) is 0 Å². The molecule has 0 saturated carbocycles. The van der Waals surface area contributed by atoms with E-state index in [4.69, 9.17) is 5.11 Å². The molecule has 1 aromatic carbocycles. The van der Waals surface area contributed by atoms with Crippen LogP contribution in [0.3, 0.4) is 0 Å². The fraction of sp³-hybridized carbons (Fsp3) is 0.429. The predicted octanol–water partition coefficient (Wildman–Crippen LogP) is 1.31. The molecular formula is C14H19BrN2O3. The third-order valence-corrected chi connectivity index (χ3v) is 3.31. The summed E-state index contributed by atoms with van der Waals surface area (Å²) in [5, 5.41) is 14.0. The molecular weight excluding hydrogens is 324 g/mol. The number of carbonyl (C=O) groups excluding carboxylic acids is 2. The SMILES string of the molecule is CC(CCO)CNC(=O)CNC(=O)c1ccc(Br)cc1. The van der Waals surface area contributed by atoms with Gasteiger partial charge in [0.05, 0.1) is 6.54 Å². The van der Waals surface area contributed by atoms with Crippen LogP contribution in [0.4, 0.5) is 0 Å². The van der Waals surface area contributed by atoms with E-state index in [0.29, 0.717) is 18.5 Å². The first-order chi connectivity index (χ1) is 9.52. The van der Waals surface area contributed by atoms with Crippen LogP contribution >= 0.6 is 15.9 Å². The molecule has 6 heteroatoms. The Morgan fingerprint density at radius 2 is 1.90 bits per heavy atom. The van der Waals surface area contributed by atoms with Crippen LogP contribution in [-0.2, 0) is 4.79 Å². The maximum atomic E-state index is 11.8. The zero-order valence-electron chi connectivity index (χ0n) is 11.4. The molecule has 2 amide bonds. The van der Waals surface area contributed by atoms with Gasteiger partial charge < -0.3 is 15.7 Å². The van der Waals surface area contributed by atoms with E-state index >= 15 is 0 Å². The smallest absolute Gasteiger partial charge is 0.251 e. The normalized spacial score (nSPS) is 11.8. The first-order valence-electron chi connectivity index (χ1n) is 6.44. The number of amides is 2. The van der Waals surface area contributed by atoms with Crippen LogP contribution in [-0.4, -0.2) is 36.6 Å². The van der Waals surface area contributed by atoms with E-state index in [2.05, 4.69) is 26.6 Å². The molecule has 5 nitrogen and oxygen atoms in total. The summed E-state index contributed by atoms with van der Waals surface area (Å²) in [5.41, 5.74) is 0.509. The van der Waals surface area contributed by atoms with Crippen molar-refractivity contribution >= 4 is 27.7 Å². The van der Waals surface area contributed by atoms with Gasteiger partial charge in [-0.25, -0.2) is 0 Å². The van der Waals surface area contributed by atoms with Crippen molar-refractivity contribution in [2.75, 3.05) is 19.7 Å². The molecule has 0 fully saturated rings. The number of halogens is 1. The molecule has 20 heavy (non-hydrogen) atoms. The molecule has 1 unspecified atom stereocenters. The third-order valence-electron chi connectivity index (χ3n) is 2.79. The molecule has 0 radical (unpaired) electrons. The maximum Gasteiger partial charge on any atom is 0.251 e. The molecule has 0 bridgehead atoms. The highest BCUT2D eigenvalue weighted by Crippen LogP contribution is 2.10. The lowest BCUT2D eigenvalue weighted by Crippen LogP contribution is -2.38. The van der Waals surface area contributed by atoms with Crippen LogP contribution in [0.5, 0.6) is 0 Å². The van der Waals surface area contributed by atoms with Crippen molar-refractivity contribution in [2.45, 2.75) is 13.3 Å². The Bertz CT molecular complexity index is 448. The van der Waals surface area contributed by atoms with Gasteiger partial charge in [0.2, 0.25) is 5.91 Å². The van der Waals surface area contributed by atoms with Crippen LogP contribution in [0.15, 0.2) is 28.7 Å². The summed E-state index contributed by atoms with van der Waals surface area (Å²) in [6.07, 6.45) is 0.644. The number of benzene rings is 1. The van der Waals surface area contributed by atoms with Gasteiger partial charge >= 0.3 is 0 Å². The molecule has 3 N–H and O–H groups in total. The van der Waals surface area contributed by atoms with Crippen LogP contribution in [0, 0.1) is 5.92 Å². The molecule has 0 aliphatic rings. The van der Waals surface area contributed by atoms with E-state index in [1.807, 2.05) is 6.92 Å². The molecule has 0 spiro atoms. The molecule has 0 aromatic heterocycles.